The molecule has 0 aliphatic heterocycles. The van der Waals surface area contributed by atoms with Gasteiger partial charge in [0.2, 0.25) is 5.91 Å². The Bertz CT molecular complexity index is 461. The lowest BCUT2D eigenvalue weighted by molar-refractivity contribution is -0.138. The number of nitrogens with one attached hydrogen (secondary N) is 1. The molecule has 0 radical (unpaired) electrons. The lowest BCUT2D eigenvalue weighted by atomic mass is 10.1. The average molecular weight is 339 g/mol. The summed E-state index contributed by atoms with van der Waals surface area (Å²) in [5.74, 6) is -0.354. The zero-order valence-electron chi connectivity index (χ0n) is 10.2. The maximum Gasteiger partial charge on any atom is 0.417 e. The molecule has 1 amide bonds. The summed E-state index contributed by atoms with van der Waals surface area (Å²) >= 11 is 2.83. The molecule has 0 heterocycles. The normalized spacial score (nSPS) is 13.2. The van der Waals surface area contributed by atoms with Gasteiger partial charge in [-0.05, 0) is 31.5 Å². The lowest BCUT2D eigenvalue weighted by Gasteiger charge is -2.12. The van der Waals surface area contributed by atoms with Crippen LogP contribution < -0.4 is 11.1 Å². The third kappa shape index (κ3) is 5.20. The molecule has 1 aromatic rings. The minimum absolute atomic E-state index is 0.0615. The maximum atomic E-state index is 12.7. The van der Waals surface area contributed by atoms with Gasteiger partial charge in [0.1, 0.15) is 0 Å². The Labute approximate surface area is 117 Å². The number of benzene rings is 1. The zero-order chi connectivity index (χ0) is 14.6. The van der Waals surface area contributed by atoms with E-state index in [1.54, 1.807) is 6.92 Å². The van der Waals surface area contributed by atoms with Crippen molar-refractivity contribution in [3.8, 4) is 0 Å². The standard InChI is InChI=1S/C12H14BrF3N2O/c1-7(17)2-5-11(19)18-8-3-4-10(13)9(6-8)12(14,15)16/h3-4,6-7H,2,5,17H2,1H3,(H,18,19). The van der Waals surface area contributed by atoms with Crippen molar-refractivity contribution in [1.29, 1.82) is 0 Å². The molecule has 0 saturated heterocycles. The Hall–Kier alpha value is -1.08. The second-order valence-corrected chi connectivity index (χ2v) is 5.11. The molecule has 0 aromatic heterocycles. The summed E-state index contributed by atoms with van der Waals surface area (Å²) in [6, 6.07) is 3.43. The first-order valence-electron chi connectivity index (χ1n) is 5.62. The minimum atomic E-state index is -4.47. The number of anilines is 1. The van der Waals surface area contributed by atoms with E-state index in [1.807, 2.05) is 0 Å². The first-order chi connectivity index (χ1) is 8.70. The molecule has 0 bridgehead atoms. The van der Waals surface area contributed by atoms with E-state index in [-0.39, 0.29) is 28.5 Å². The van der Waals surface area contributed by atoms with Crippen LogP contribution in [0.2, 0.25) is 0 Å². The number of alkyl halides is 3. The van der Waals surface area contributed by atoms with Gasteiger partial charge in [-0.15, -0.1) is 0 Å². The van der Waals surface area contributed by atoms with Crippen LogP contribution >= 0.6 is 15.9 Å². The summed E-state index contributed by atoms with van der Waals surface area (Å²) in [5, 5.41) is 2.42. The molecule has 1 rings (SSSR count). The second-order valence-electron chi connectivity index (χ2n) is 4.26. The number of amides is 1. The molecule has 0 saturated carbocycles. The van der Waals surface area contributed by atoms with Gasteiger partial charge in [-0.1, -0.05) is 15.9 Å². The Balaban J connectivity index is 2.78. The third-order valence-electron chi connectivity index (χ3n) is 2.38. The van der Waals surface area contributed by atoms with Gasteiger partial charge in [0.25, 0.3) is 0 Å². The number of hydrogen-bond acceptors (Lipinski definition) is 2. The minimum Gasteiger partial charge on any atom is -0.328 e. The molecule has 3 nitrogen and oxygen atoms in total. The first-order valence-corrected chi connectivity index (χ1v) is 6.41. The number of halogens is 4. The highest BCUT2D eigenvalue weighted by atomic mass is 79.9. The Morgan fingerprint density at radius 1 is 1.47 bits per heavy atom. The Morgan fingerprint density at radius 2 is 2.11 bits per heavy atom. The Morgan fingerprint density at radius 3 is 2.63 bits per heavy atom. The molecule has 106 valence electrons. The molecule has 1 unspecified atom stereocenters. The molecule has 1 atom stereocenters. The quantitative estimate of drug-likeness (QED) is 0.882. The molecule has 3 N–H and O–H groups in total. The van der Waals surface area contributed by atoms with Gasteiger partial charge < -0.3 is 11.1 Å². The summed E-state index contributed by atoms with van der Waals surface area (Å²) < 4.78 is 37.9. The largest absolute Gasteiger partial charge is 0.417 e. The number of carbonyl (C=O) groups excluding carboxylic acids is 1. The Kier molecular flexibility index (Phi) is 5.37. The smallest absolute Gasteiger partial charge is 0.328 e. The van der Waals surface area contributed by atoms with Crippen molar-refractivity contribution in [2.45, 2.75) is 32.0 Å². The molecule has 0 aliphatic carbocycles. The van der Waals surface area contributed by atoms with Gasteiger partial charge in [0.05, 0.1) is 5.56 Å². The van der Waals surface area contributed by atoms with Crippen molar-refractivity contribution in [1.82, 2.24) is 0 Å². The van der Waals surface area contributed by atoms with E-state index in [9.17, 15) is 18.0 Å². The van der Waals surface area contributed by atoms with Crippen molar-refractivity contribution < 1.29 is 18.0 Å². The van der Waals surface area contributed by atoms with Crippen LogP contribution in [0, 0.1) is 0 Å². The maximum absolute atomic E-state index is 12.7. The van der Waals surface area contributed by atoms with Crippen LogP contribution in [0.25, 0.3) is 0 Å². The highest BCUT2D eigenvalue weighted by Crippen LogP contribution is 2.36. The fourth-order valence-electron chi connectivity index (χ4n) is 1.40. The molecule has 7 heteroatoms. The summed E-state index contributed by atoms with van der Waals surface area (Å²) in [6.07, 6.45) is -3.81. The highest BCUT2D eigenvalue weighted by molar-refractivity contribution is 9.10. The highest BCUT2D eigenvalue weighted by Gasteiger charge is 2.33. The van der Waals surface area contributed by atoms with Crippen LogP contribution in [-0.4, -0.2) is 11.9 Å². The van der Waals surface area contributed by atoms with Gasteiger partial charge in [-0.3, -0.25) is 4.79 Å². The molecule has 1 aromatic carbocycles. The topological polar surface area (TPSA) is 55.1 Å². The predicted molar refractivity (Wildman–Crippen MR) is 70.7 cm³/mol. The van der Waals surface area contributed by atoms with Crippen molar-refractivity contribution in [3.05, 3.63) is 28.2 Å². The van der Waals surface area contributed by atoms with Crippen LogP contribution in [0.15, 0.2) is 22.7 Å². The van der Waals surface area contributed by atoms with Crippen molar-refractivity contribution in [3.63, 3.8) is 0 Å². The lowest BCUT2D eigenvalue weighted by Crippen LogP contribution is -2.19. The van der Waals surface area contributed by atoms with Gasteiger partial charge >= 0.3 is 6.18 Å². The van der Waals surface area contributed by atoms with Crippen molar-refractivity contribution in [2.24, 2.45) is 5.73 Å². The number of hydrogen-bond donors (Lipinski definition) is 2. The monoisotopic (exact) mass is 338 g/mol. The van der Waals surface area contributed by atoms with Gasteiger partial charge in [-0.25, -0.2) is 0 Å². The number of carbonyl (C=O) groups is 1. The SMILES string of the molecule is CC(N)CCC(=O)Nc1ccc(Br)c(C(F)(F)F)c1. The van der Waals surface area contributed by atoms with E-state index in [4.69, 9.17) is 5.73 Å². The average Bonchev–Trinajstić information content (AvgIpc) is 2.27. The van der Waals surface area contributed by atoms with E-state index in [0.717, 1.165) is 6.07 Å². The zero-order valence-corrected chi connectivity index (χ0v) is 11.8. The van der Waals surface area contributed by atoms with Gasteiger partial charge in [0, 0.05) is 22.6 Å². The van der Waals surface area contributed by atoms with E-state index in [2.05, 4.69) is 21.2 Å². The first kappa shape index (κ1) is 16.0. The van der Waals surface area contributed by atoms with Gasteiger partial charge in [0.15, 0.2) is 0 Å². The van der Waals surface area contributed by atoms with E-state index < -0.39 is 11.7 Å². The van der Waals surface area contributed by atoms with Crippen LogP contribution in [0.4, 0.5) is 18.9 Å². The van der Waals surface area contributed by atoms with Crippen LogP contribution in [-0.2, 0) is 11.0 Å². The van der Waals surface area contributed by atoms with E-state index in [1.165, 1.54) is 12.1 Å². The van der Waals surface area contributed by atoms with E-state index in [0.29, 0.717) is 6.42 Å². The molecule has 0 aliphatic rings. The molecular weight excluding hydrogens is 325 g/mol. The van der Waals surface area contributed by atoms with Crippen LogP contribution in [0.5, 0.6) is 0 Å². The second kappa shape index (κ2) is 6.38. The summed E-state index contributed by atoms with van der Waals surface area (Å²) in [7, 11) is 0. The molecule has 0 spiro atoms. The van der Waals surface area contributed by atoms with E-state index >= 15 is 0 Å². The number of rotatable bonds is 4. The third-order valence-corrected chi connectivity index (χ3v) is 3.07. The van der Waals surface area contributed by atoms with Gasteiger partial charge in [-0.2, -0.15) is 13.2 Å². The van der Waals surface area contributed by atoms with Crippen molar-refractivity contribution in [2.75, 3.05) is 5.32 Å². The fraction of sp³-hybridized carbons (Fsp3) is 0.417. The number of nitrogens with two attached hydrogens (primary N) is 1. The van der Waals surface area contributed by atoms with Crippen molar-refractivity contribution >= 4 is 27.5 Å². The summed E-state index contributed by atoms with van der Waals surface area (Å²) in [6.45, 7) is 1.76. The van der Waals surface area contributed by atoms with Crippen LogP contribution in [0.3, 0.4) is 0 Å². The summed E-state index contributed by atoms with van der Waals surface area (Å²) in [4.78, 5) is 11.5. The van der Waals surface area contributed by atoms with Crippen LogP contribution in [0.1, 0.15) is 25.3 Å². The molecular formula is C12H14BrF3N2O. The molecule has 0 fully saturated rings. The molecule has 19 heavy (non-hydrogen) atoms. The predicted octanol–water partition coefficient (Wildman–Crippen LogP) is 3.53. The summed E-state index contributed by atoms with van der Waals surface area (Å²) in [5.41, 5.74) is 4.79. The fourth-order valence-corrected chi connectivity index (χ4v) is 1.87.